The molecule has 1 aromatic heterocycles. The second kappa shape index (κ2) is 7.22. The molecule has 3 N–H and O–H groups in total. The van der Waals surface area contributed by atoms with Gasteiger partial charge in [0.15, 0.2) is 0 Å². The maximum absolute atomic E-state index is 11.9. The molecular formula is C17H24N4O. The molecule has 0 spiro atoms. The summed E-state index contributed by atoms with van der Waals surface area (Å²) < 4.78 is 1.86. The van der Waals surface area contributed by atoms with Gasteiger partial charge in [0, 0.05) is 30.8 Å². The van der Waals surface area contributed by atoms with Gasteiger partial charge in [0.25, 0.3) is 0 Å². The molecule has 0 radical (unpaired) electrons. The highest BCUT2D eigenvalue weighted by molar-refractivity contribution is 5.78. The number of hydrogen-bond donors (Lipinski definition) is 2. The summed E-state index contributed by atoms with van der Waals surface area (Å²) in [5.41, 5.74) is 8.58. The third-order valence-corrected chi connectivity index (χ3v) is 3.64. The molecule has 0 aliphatic heterocycles. The zero-order valence-corrected chi connectivity index (χ0v) is 13.4. The largest absolute Gasteiger partial charge is 0.352 e. The van der Waals surface area contributed by atoms with Gasteiger partial charge in [-0.15, -0.1) is 0 Å². The molecule has 0 saturated heterocycles. The summed E-state index contributed by atoms with van der Waals surface area (Å²) in [5.74, 6) is 0.0973. The summed E-state index contributed by atoms with van der Waals surface area (Å²) in [6.45, 7) is 6.86. The molecule has 0 aliphatic carbocycles. The number of nitrogens with one attached hydrogen (secondary N) is 1. The normalized spacial score (nSPS) is 12.4. The highest BCUT2D eigenvalue weighted by Crippen LogP contribution is 2.20. The van der Waals surface area contributed by atoms with Crippen LogP contribution in [0.2, 0.25) is 0 Å². The van der Waals surface area contributed by atoms with E-state index < -0.39 is 0 Å². The molecule has 0 aliphatic rings. The first kappa shape index (κ1) is 16.2. The molecule has 2 aromatic rings. The fourth-order valence-electron chi connectivity index (χ4n) is 2.22. The highest BCUT2D eigenvalue weighted by Gasteiger charge is 2.16. The number of carbonyl (C=O) groups is 1. The third-order valence-electron chi connectivity index (χ3n) is 3.64. The summed E-state index contributed by atoms with van der Waals surface area (Å²) in [6, 6.07) is 9.96. The van der Waals surface area contributed by atoms with Gasteiger partial charge in [0.05, 0.1) is 11.4 Å². The Morgan fingerprint density at radius 2 is 1.95 bits per heavy atom. The van der Waals surface area contributed by atoms with Crippen LogP contribution >= 0.6 is 0 Å². The lowest BCUT2D eigenvalue weighted by Gasteiger charge is -2.10. The molecule has 0 saturated carbocycles. The van der Waals surface area contributed by atoms with Crippen LogP contribution in [-0.4, -0.2) is 22.2 Å². The Labute approximate surface area is 131 Å². The summed E-state index contributed by atoms with van der Waals surface area (Å²) in [5, 5.41) is 7.60. The molecule has 1 amide bonds. The summed E-state index contributed by atoms with van der Waals surface area (Å²) >= 11 is 0. The number of aromatic nitrogens is 2. The van der Waals surface area contributed by atoms with Crippen LogP contribution in [0.1, 0.15) is 37.9 Å². The smallest absolute Gasteiger partial charge is 0.224 e. The van der Waals surface area contributed by atoms with Crippen LogP contribution in [0.15, 0.2) is 36.5 Å². The molecule has 0 fully saturated rings. The summed E-state index contributed by atoms with van der Waals surface area (Å²) in [6.07, 6.45) is 1.98. The number of rotatable bonds is 6. The van der Waals surface area contributed by atoms with E-state index in [9.17, 15) is 4.79 Å². The van der Waals surface area contributed by atoms with E-state index in [1.165, 1.54) is 0 Å². The topological polar surface area (TPSA) is 72.9 Å². The fraction of sp³-hybridized carbons (Fsp3) is 0.412. The Bertz CT molecular complexity index is 619. The summed E-state index contributed by atoms with van der Waals surface area (Å²) in [4.78, 5) is 11.9. The monoisotopic (exact) mass is 300 g/mol. The van der Waals surface area contributed by atoms with E-state index in [-0.39, 0.29) is 11.8 Å². The predicted octanol–water partition coefficient (Wildman–Crippen LogP) is 2.21. The van der Waals surface area contributed by atoms with E-state index in [0.29, 0.717) is 19.0 Å². The van der Waals surface area contributed by atoms with E-state index in [1.54, 1.807) is 0 Å². The van der Waals surface area contributed by atoms with Gasteiger partial charge in [-0.25, -0.2) is 4.68 Å². The van der Waals surface area contributed by atoms with E-state index in [4.69, 9.17) is 5.73 Å². The minimum absolute atomic E-state index is 0.0235. The molecule has 22 heavy (non-hydrogen) atoms. The van der Waals surface area contributed by atoms with Gasteiger partial charge in [-0.1, -0.05) is 39.0 Å². The first-order valence-corrected chi connectivity index (χ1v) is 7.64. The number of benzene rings is 1. The number of para-hydroxylation sites is 1. The van der Waals surface area contributed by atoms with Crippen molar-refractivity contribution in [2.75, 3.05) is 6.54 Å². The lowest BCUT2D eigenvalue weighted by atomic mass is 10.1. The number of hydrogen-bond acceptors (Lipinski definition) is 3. The molecule has 1 unspecified atom stereocenters. The van der Waals surface area contributed by atoms with Gasteiger partial charge in [0.2, 0.25) is 5.91 Å². The zero-order chi connectivity index (χ0) is 16.1. The fourth-order valence-corrected chi connectivity index (χ4v) is 2.22. The van der Waals surface area contributed by atoms with Crippen molar-refractivity contribution in [1.29, 1.82) is 0 Å². The quantitative estimate of drug-likeness (QED) is 0.859. The summed E-state index contributed by atoms with van der Waals surface area (Å²) in [7, 11) is 0. The molecule has 5 heteroatoms. The molecule has 1 atom stereocenters. The van der Waals surface area contributed by atoms with Crippen molar-refractivity contribution >= 4 is 5.91 Å². The second-order valence-electron chi connectivity index (χ2n) is 5.83. The molecule has 5 nitrogen and oxygen atoms in total. The second-order valence-corrected chi connectivity index (χ2v) is 5.83. The van der Waals surface area contributed by atoms with Crippen molar-refractivity contribution in [3.05, 3.63) is 47.8 Å². The molecule has 1 aromatic carbocycles. The minimum Gasteiger partial charge on any atom is -0.352 e. The molecule has 1 heterocycles. The number of nitrogens with zero attached hydrogens (tertiary/aromatic N) is 2. The number of carbonyl (C=O) groups excluding carboxylic acids is 1. The molecular weight excluding hydrogens is 276 g/mol. The lowest BCUT2D eigenvalue weighted by Crippen LogP contribution is -2.32. The zero-order valence-electron chi connectivity index (χ0n) is 13.4. The Morgan fingerprint density at radius 1 is 1.27 bits per heavy atom. The van der Waals surface area contributed by atoms with Crippen LogP contribution in [0.25, 0.3) is 5.69 Å². The number of nitrogens with two attached hydrogens (primary N) is 1. The first-order chi connectivity index (χ1) is 10.5. The van der Waals surface area contributed by atoms with E-state index in [0.717, 1.165) is 16.9 Å². The van der Waals surface area contributed by atoms with Gasteiger partial charge in [-0.3, -0.25) is 4.79 Å². The van der Waals surface area contributed by atoms with Gasteiger partial charge in [0.1, 0.15) is 0 Å². The van der Waals surface area contributed by atoms with Gasteiger partial charge < -0.3 is 11.1 Å². The minimum atomic E-state index is -0.174. The Morgan fingerprint density at radius 3 is 2.55 bits per heavy atom. The molecule has 118 valence electrons. The van der Waals surface area contributed by atoms with Crippen molar-refractivity contribution in [2.24, 2.45) is 11.7 Å². The van der Waals surface area contributed by atoms with Crippen LogP contribution in [-0.2, 0) is 11.3 Å². The third kappa shape index (κ3) is 3.74. The van der Waals surface area contributed by atoms with Crippen molar-refractivity contribution in [3.8, 4) is 5.69 Å². The van der Waals surface area contributed by atoms with Crippen LogP contribution in [0.4, 0.5) is 0 Å². The average molecular weight is 300 g/mol. The predicted molar refractivity (Wildman–Crippen MR) is 87.7 cm³/mol. The maximum Gasteiger partial charge on any atom is 0.224 e. The van der Waals surface area contributed by atoms with Gasteiger partial charge in [-0.05, 0) is 18.1 Å². The first-order valence-electron chi connectivity index (χ1n) is 7.64. The SMILES string of the molecule is CC(CN)C(=O)NCc1cn(-c2ccccc2)nc1C(C)C. The number of amides is 1. The van der Waals surface area contributed by atoms with E-state index in [2.05, 4.69) is 24.3 Å². The maximum atomic E-state index is 11.9. The van der Waals surface area contributed by atoms with Gasteiger partial charge >= 0.3 is 0 Å². The lowest BCUT2D eigenvalue weighted by molar-refractivity contribution is -0.124. The Hall–Kier alpha value is -2.14. The van der Waals surface area contributed by atoms with Crippen LogP contribution in [0.5, 0.6) is 0 Å². The van der Waals surface area contributed by atoms with Crippen LogP contribution < -0.4 is 11.1 Å². The van der Waals surface area contributed by atoms with Crippen molar-refractivity contribution < 1.29 is 4.79 Å². The van der Waals surface area contributed by atoms with Crippen LogP contribution in [0, 0.1) is 5.92 Å². The van der Waals surface area contributed by atoms with Crippen molar-refractivity contribution in [1.82, 2.24) is 15.1 Å². The van der Waals surface area contributed by atoms with Crippen molar-refractivity contribution in [3.63, 3.8) is 0 Å². The Kier molecular flexibility index (Phi) is 5.33. The average Bonchev–Trinajstić information content (AvgIpc) is 2.97. The standard InChI is InChI=1S/C17H24N4O/c1-12(2)16-14(10-19-17(22)13(3)9-18)11-21(20-16)15-7-5-4-6-8-15/h4-8,11-13H,9-10,18H2,1-3H3,(H,19,22). The van der Waals surface area contributed by atoms with E-state index in [1.807, 2.05) is 48.1 Å². The highest BCUT2D eigenvalue weighted by atomic mass is 16.1. The van der Waals surface area contributed by atoms with Gasteiger partial charge in [-0.2, -0.15) is 5.10 Å². The molecule has 0 bridgehead atoms. The Balaban J connectivity index is 2.20. The molecule has 2 rings (SSSR count). The van der Waals surface area contributed by atoms with Crippen molar-refractivity contribution in [2.45, 2.75) is 33.2 Å². The van der Waals surface area contributed by atoms with Crippen LogP contribution in [0.3, 0.4) is 0 Å². The van der Waals surface area contributed by atoms with E-state index >= 15 is 0 Å².